The Hall–Kier alpha value is -2.36. The molecule has 0 bridgehead atoms. The molecule has 0 unspecified atom stereocenters. The molecule has 2 aromatic rings. The van der Waals surface area contributed by atoms with Crippen molar-refractivity contribution < 1.29 is 18.7 Å². The summed E-state index contributed by atoms with van der Waals surface area (Å²) < 4.78 is 24.1. The summed E-state index contributed by atoms with van der Waals surface area (Å²) in [5.41, 5.74) is 1.13. The van der Waals surface area contributed by atoms with Crippen molar-refractivity contribution >= 4 is 5.78 Å². The highest BCUT2D eigenvalue weighted by atomic mass is 19.1. The molecule has 0 fully saturated rings. The van der Waals surface area contributed by atoms with Gasteiger partial charge in [-0.2, -0.15) is 0 Å². The monoisotopic (exact) mass is 274 g/mol. The van der Waals surface area contributed by atoms with Crippen molar-refractivity contribution in [2.24, 2.45) is 0 Å². The number of ether oxygens (including phenoxy) is 2. The number of aryl methyl sites for hydroxylation is 1. The van der Waals surface area contributed by atoms with E-state index >= 15 is 0 Å². The average molecular weight is 274 g/mol. The van der Waals surface area contributed by atoms with Gasteiger partial charge in [0, 0.05) is 6.07 Å². The molecule has 0 spiro atoms. The van der Waals surface area contributed by atoms with Crippen molar-refractivity contribution in [3.63, 3.8) is 0 Å². The summed E-state index contributed by atoms with van der Waals surface area (Å²) in [5, 5.41) is 0. The van der Waals surface area contributed by atoms with Crippen LogP contribution in [0.3, 0.4) is 0 Å². The van der Waals surface area contributed by atoms with Gasteiger partial charge in [0.05, 0.1) is 7.11 Å². The Kier molecular flexibility index (Phi) is 4.03. The fourth-order valence-electron chi connectivity index (χ4n) is 1.92. The third kappa shape index (κ3) is 2.79. The third-order valence-electron chi connectivity index (χ3n) is 2.93. The molecule has 2 aromatic carbocycles. The van der Waals surface area contributed by atoms with E-state index in [0.717, 1.165) is 5.56 Å². The van der Waals surface area contributed by atoms with Crippen LogP contribution in [0.5, 0.6) is 17.2 Å². The van der Waals surface area contributed by atoms with Gasteiger partial charge in [0.2, 0.25) is 0 Å². The summed E-state index contributed by atoms with van der Waals surface area (Å²) in [6.45, 7) is 3.24. The van der Waals surface area contributed by atoms with Crippen LogP contribution < -0.4 is 9.47 Å². The Morgan fingerprint density at radius 1 is 1.10 bits per heavy atom. The van der Waals surface area contributed by atoms with Crippen molar-refractivity contribution in [2.45, 2.75) is 13.8 Å². The molecule has 20 heavy (non-hydrogen) atoms. The zero-order chi connectivity index (χ0) is 14.7. The highest BCUT2D eigenvalue weighted by Gasteiger charge is 2.16. The summed E-state index contributed by atoms with van der Waals surface area (Å²) in [6.07, 6.45) is 0. The number of Topliss-reactive ketones (excluding diaryl/α,β-unsaturated/α-hetero) is 1. The number of methoxy groups -OCH3 is 1. The van der Waals surface area contributed by atoms with Crippen LogP contribution in [0.4, 0.5) is 4.39 Å². The number of halogens is 1. The molecule has 0 saturated heterocycles. The van der Waals surface area contributed by atoms with E-state index in [-0.39, 0.29) is 5.78 Å². The Morgan fingerprint density at radius 2 is 1.80 bits per heavy atom. The van der Waals surface area contributed by atoms with E-state index in [2.05, 4.69) is 0 Å². The molecule has 3 nitrogen and oxygen atoms in total. The number of benzene rings is 2. The first kappa shape index (κ1) is 14.1. The van der Waals surface area contributed by atoms with E-state index in [9.17, 15) is 9.18 Å². The van der Waals surface area contributed by atoms with Crippen molar-refractivity contribution in [3.8, 4) is 17.2 Å². The third-order valence-corrected chi connectivity index (χ3v) is 2.93. The van der Waals surface area contributed by atoms with Crippen LogP contribution in [-0.4, -0.2) is 12.9 Å². The minimum atomic E-state index is -0.391. The first-order valence-electron chi connectivity index (χ1n) is 6.15. The van der Waals surface area contributed by atoms with E-state index in [1.807, 2.05) is 6.92 Å². The topological polar surface area (TPSA) is 35.5 Å². The Morgan fingerprint density at radius 3 is 2.45 bits per heavy atom. The van der Waals surface area contributed by atoms with Crippen LogP contribution in [0.15, 0.2) is 36.4 Å². The molecule has 0 atom stereocenters. The minimum absolute atomic E-state index is 0.175. The number of hydrogen-bond donors (Lipinski definition) is 0. The molecule has 0 radical (unpaired) electrons. The van der Waals surface area contributed by atoms with Gasteiger partial charge in [-0.05, 0) is 37.6 Å². The second-order valence-corrected chi connectivity index (χ2v) is 4.40. The Labute approximate surface area is 117 Å². The van der Waals surface area contributed by atoms with E-state index < -0.39 is 5.82 Å². The Balaban J connectivity index is 2.48. The normalized spacial score (nSPS) is 10.2. The van der Waals surface area contributed by atoms with Gasteiger partial charge in [-0.25, -0.2) is 4.39 Å². The smallest absolute Gasteiger partial charge is 0.167 e. The van der Waals surface area contributed by atoms with Crippen LogP contribution in [-0.2, 0) is 0 Å². The molecule has 2 rings (SSSR count). The predicted octanol–water partition coefficient (Wildman–Crippen LogP) is 4.14. The number of carbonyl (C=O) groups is 1. The summed E-state index contributed by atoms with van der Waals surface area (Å²) in [6, 6.07) is 9.33. The van der Waals surface area contributed by atoms with Gasteiger partial charge in [0.1, 0.15) is 28.6 Å². The first-order chi connectivity index (χ1) is 9.52. The molecule has 0 heterocycles. The van der Waals surface area contributed by atoms with Crippen LogP contribution in [0.1, 0.15) is 22.8 Å². The first-order valence-corrected chi connectivity index (χ1v) is 6.15. The van der Waals surface area contributed by atoms with E-state index in [4.69, 9.17) is 9.47 Å². The van der Waals surface area contributed by atoms with Crippen molar-refractivity contribution in [3.05, 3.63) is 53.3 Å². The Bertz CT molecular complexity index is 650. The van der Waals surface area contributed by atoms with Crippen molar-refractivity contribution in [1.82, 2.24) is 0 Å². The lowest BCUT2D eigenvalue weighted by Crippen LogP contribution is -2.01. The second kappa shape index (κ2) is 5.74. The maximum atomic E-state index is 13.3. The summed E-state index contributed by atoms with van der Waals surface area (Å²) in [5.74, 6) is 0.597. The zero-order valence-electron chi connectivity index (χ0n) is 11.6. The number of rotatable bonds is 4. The number of carbonyl (C=O) groups excluding carboxylic acids is 1. The minimum Gasteiger partial charge on any atom is -0.496 e. The van der Waals surface area contributed by atoms with Crippen LogP contribution in [0, 0.1) is 12.7 Å². The molecule has 104 valence electrons. The van der Waals surface area contributed by atoms with Crippen LogP contribution in [0.2, 0.25) is 0 Å². The average Bonchev–Trinajstić information content (AvgIpc) is 2.42. The van der Waals surface area contributed by atoms with Gasteiger partial charge in [-0.3, -0.25) is 4.79 Å². The van der Waals surface area contributed by atoms with Crippen LogP contribution >= 0.6 is 0 Å². The lowest BCUT2D eigenvalue weighted by atomic mass is 10.1. The molecule has 0 aromatic heterocycles. The van der Waals surface area contributed by atoms with Gasteiger partial charge in [-0.1, -0.05) is 12.1 Å². The quantitative estimate of drug-likeness (QED) is 0.786. The standard InChI is InChI=1S/C16H15FO3/c1-10-7-8-12(17)9-15(10)20-14-6-4-5-13(19-3)16(14)11(2)18/h4-9H,1-3H3. The summed E-state index contributed by atoms with van der Waals surface area (Å²) in [4.78, 5) is 11.8. The second-order valence-electron chi connectivity index (χ2n) is 4.40. The maximum Gasteiger partial charge on any atom is 0.167 e. The van der Waals surface area contributed by atoms with Gasteiger partial charge in [-0.15, -0.1) is 0 Å². The lowest BCUT2D eigenvalue weighted by molar-refractivity contribution is 0.101. The largest absolute Gasteiger partial charge is 0.496 e. The van der Waals surface area contributed by atoms with Crippen molar-refractivity contribution in [1.29, 1.82) is 0 Å². The SMILES string of the molecule is COc1cccc(Oc2cc(F)ccc2C)c1C(C)=O. The zero-order valence-corrected chi connectivity index (χ0v) is 11.6. The predicted molar refractivity (Wildman–Crippen MR) is 74.2 cm³/mol. The highest BCUT2D eigenvalue weighted by molar-refractivity contribution is 5.99. The van der Waals surface area contributed by atoms with E-state index in [0.29, 0.717) is 22.8 Å². The summed E-state index contributed by atoms with van der Waals surface area (Å²) >= 11 is 0. The van der Waals surface area contributed by atoms with Gasteiger partial charge in [0.25, 0.3) is 0 Å². The molecule has 0 saturated carbocycles. The van der Waals surface area contributed by atoms with Gasteiger partial charge >= 0.3 is 0 Å². The van der Waals surface area contributed by atoms with E-state index in [1.165, 1.54) is 26.2 Å². The molecule has 0 N–H and O–H groups in total. The molecular weight excluding hydrogens is 259 g/mol. The van der Waals surface area contributed by atoms with Gasteiger partial charge < -0.3 is 9.47 Å². The highest BCUT2D eigenvalue weighted by Crippen LogP contribution is 2.33. The van der Waals surface area contributed by atoms with E-state index in [1.54, 1.807) is 24.3 Å². The molecule has 0 aliphatic carbocycles. The van der Waals surface area contributed by atoms with Crippen LogP contribution in [0.25, 0.3) is 0 Å². The maximum absolute atomic E-state index is 13.3. The fraction of sp³-hybridized carbons (Fsp3) is 0.188. The van der Waals surface area contributed by atoms with Gasteiger partial charge in [0.15, 0.2) is 5.78 Å². The summed E-state index contributed by atoms with van der Waals surface area (Å²) in [7, 11) is 1.49. The molecular formula is C16H15FO3. The van der Waals surface area contributed by atoms with Crippen molar-refractivity contribution in [2.75, 3.05) is 7.11 Å². The molecule has 0 aliphatic heterocycles. The molecule has 0 amide bonds. The number of ketones is 1. The number of hydrogen-bond acceptors (Lipinski definition) is 3. The lowest BCUT2D eigenvalue weighted by Gasteiger charge is -2.14. The molecule has 0 aliphatic rings. The fourth-order valence-corrected chi connectivity index (χ4v) is 1.92. The molecule has 4 heteroatoms.